The zero-order chi connectivity index (χ0) is 18.4. The molecule has 0 aliphatic rings. The van der Waals surface area contributed by atoms with Crippen LogP contribution in [0.5, 0.6) is 5.75 Å². The van der Waals surface area contributed by atoms with Gasteiger partial charge in [0.15, 0.2) is 0 Å². The molecule has 0 fully saturated rings. The molecule has 0 aliphatic carbocycles. The normalized spacial score (nSPS) is 10.7. The minimum Gasteiger partial charge on any atom is -0.493 e. The number of pyridine rings is 1. The van der Waals surface area contributed by atoms with Crippen molar-refractivity contribution in [3.63, 3.8) is 0 Å². The van der Waals surface area contributed by atoms with Crippen molar-refractivity contribution in [2.75, 3.05) is 11.9 Å². The first-order chi connectivity index (χ1) is 12.7. The summed E-state index contributed by atoms with van der Waals surface area (Å²) in [5.74, 6) is 0.598. The van der Waals surface area contributed by atoms with Crippen LogP contribution in [-0.2, 0) is 11.3 Å². The number of hydrogen-bond acceptors (Lipinski definition) is 3. The third-order valence-electron chi connectivity index (χ3n) is 4.05. The molecule has 0 saturated heterocycles. The van der Waals surface area contributed by atoms with Gasteiger partial charge in [0.2, 0.25) is 5.91 Å². The molecule has 134 valence electrons. The molecule has 1 aromatic heterocycles. The number of aromatic nitrogens is 1. The van der Waals surface area contributed by atoms with E-state index in [0.717, 1.165) is 22.9 Å². The number of benzene rings is 2. The quantitative estimate of drug-likeness (QED) is 0.705. The molecule has 3 aromatic rings. The van der Waals surface area contributed by atoms with Crippen LogP contribution in [0.15, 0.2) is 65.6 Å². The van der Waals surface area contributed by atoms with Crippen molar-refractivity contribution in [2.24, 2.45) is 0 Å². The van der Waals surface area contributed by atoms with Gasteiger partial charge < -0.3 is 14.6 Å². The molecule has 0 bridgehead atoms. The average Bonchev–Trinajstić information content (AvgIpc) is 2.64. The number of carbonyl (C=O) groups excluding carboxylic acids is 1. The zero-order valence-electron chi connectivity index (χ0n) is 14.8. The first-order valence-corrected chi connectivity index (χ1v) is 8.77. The number of aryl methyl sites for hydroxylation is 1. The van der Waals surface area contributed by atoms with Gasteiger partial charge >= 0.3 is 0 Å². The summed E-state index contributed by atoms with van der Waals surface area (Å²) >= 11 is 0. The molecular weight excluding hydrogens is 328 g/mol. The van der Waals surface area contributed by atoms with Gasteiger partial charge in [0.05, 0.1) is 18.7 Å². The molecule has 2 aromatic carbocycles. The van der Waals surface area contributed by atoms with Crippen LogP contribution in [-0.4, -0.2) is 17.1 Å². The summed E-state index contributed by atoms with van der Waals surface area (Å²) < 4.78 is 7.29. The van der Waals surface area contributed by atoms with E-state index in [0.29, 0.717) is 18.8 Å². The zero-order valence-corrected chi connectivity index (χ0v) is 14.8. The molecule has 0 saturated carbocycles. The van der Waals surface area contributed by atoms with E-state index in [2.05, 4.69) is 5.32 Å². The van der Waals surface area contributed by atoms with Crippen molar-refractivity contribution in [3.8, 4) is 5.75 Å². The molecule has 0 radical (unpaired) electrons. The highest BCUT2D eigenvalue weighted by atomic mass is 16.5. The molecule has 0 spiro atoms. The molecule has 5 heteroatoms. The minimum absolute atomic E-state index is 0.0653. The van der Waals surface area contributed by atoms with Gasteiger partial charge in [-0.2, -0.15) is 0 Å². The second kappa shape index (κ2) is 8.34. The van der Waals surface area contributed by atoms with Gasteiger partial charge in [-0.15, -0.1) is 0 Å². The highest BCUT2D eigenvalue weighted by molar-refractivity contribution is 5.90. The molecule has 0 atom stereocenters. The van der Waals surface area contributed by atoms with E-state index in [1.54, 1.807) is 16.8 Å². The Kier molecular flexibility index (Phi) is 5.69. The van der Waals surface area contributed by atoms with Crippen molar-refractivity contribution in [1.82, 2.24) is 4.57 Å². The Morgan fingerprint density at radius 1 is 1.08 bits per heavy atom. The molecule has 3 rings (SSSR count). The molecule has 1 amide bonds. The number of amides is 1. The van der Waals surface area contributed by atoms with Crippen molar-refractivity contribution in [2.45, 2.75) is 26.3 Å². The van der Waals surface area contributed by atoms with Crippen LogP contribution in [0.25, 0.3) is 10.8 Å². The molecular formula is C21H22N2O3. The number of anilines is 1. The van der Waals surface area contributed by atoms with Crippen molar-refractivity contribution in [1.29, 1.82) is 0 Å². The van der Waals surface area contributed by atoms with E-state index >= 15 is 0 Å². The van der Waals surface area contributed by atoms with E-state index in [9.17, 15) is 9.59 Å². The predicted octanol–water partition coefficient (Wildman–Crippen LogP) is 3.82. The third-order valence-corrected chi connectivity index (χ3v) is 4.05. The predicted molar refractivity (Wildman–Crippen MR) is 104 cm³/mol. The molecule has 1 heterocycles. The standard InChI is InChI=1S/C21H22N2O3/c1-2-12-23-15-18(8-10-21(23)25)22-20(24)11-13-26-19-9-7-16-5-3-4-6-17(16)14-19/h3-10,14-15H,2,11-13H2,1H3,(H,22,24). The number of rotatable bonds is 7. The van der Waals surface area contributed by atoms with Crippen LogP contribution in [0.2, 0.25) is 0 Å². The van der Waals surface area contributed by atoms with E-state index < -0.39 is 0 Å². The average molecular weight is 350 g/mol. The largest absolute Gasteiger partial charge is 0.493 e. The van der Waals surface area contributed by atoms with E-state index in [4.69, 9.17) is 4.74 Å². The summed E-state index contributed by atoms with van der Waals surface area (Å²) in [6.07, 6.45) is 2.77. The van der Waals surface area contributed by atoms with Crippen LogP contribution < -0.4 is 15.6 Å². The highest BCUT2D eigenvalue weighted by Gasteiger charge is 2.05. The maximum Gasteiger partial charge on any atom is 0.250 e. The van der Waals surface area contributed by atoms with Crippen LogP contribution in [0.4, 0.5) is 5.69 Å². The van der Waals surface area contributed by atoms with E-state index in [-0.39, 0.29) is 17.9 Å². The lowest BCUT2D eigenvalue weighted by atomic mass is 10.1. The fraction of sp³-hybridized carbons (Fsp3) is 0.238. The third kappa shape index (κ3) is 4.51. The number of ether oxygens (including phenoxy) is 1. The monoisotopic (exact) mass is 350 g/mol. The summed E-state index contributed by atoms with van der Waals surface area (Å²) in [5, 5.41) is 5.06. The minimum atomic E-state index is -0.146. The summed E-state index contributed by atoms with van der Waals surface area (Å²) in [4.78, 5) is 23.8. The Bertz CT molecular complexity index is 963. The van der Waals surface area contributed by atoms with Gasteiger partial charge in [-0.05, 0) is 35.4 Å². The van der Waals surface area contributed by atoms with Crippen LogP contribution >= 0.6 is 0 Å². The fourth-order valence-electron chi connectivity index (χ4n) is 2.76. The SMILES string of the molecule is CCCn1cc(NC(=O)CCOc2ccc3ccccc3c2)ccc1=O. The highest BCUT2D eigenvalue weighted by Crippen LogP contribution is 2.20. The van der Waals surface area contributed by atoms with Gasteiger partial charge in [-0.3, -0.25) is 9.59 Å². The number of nitrogens with one attached hydrogen (secondary N) is 1. The molecule has 5 nitrogen and oxygen atoms in total. The summed E-state index contributed by atoms with van der Waals surface area (Å²) in [5.41, 5.74) is 0.554. The maximum absolute atomic E-state index is 12.1. The van der Waals surface area contributed by atoms with E-state index in [1.807, 2.05) is 49.4 Å². The van der Waals surface area contributed by atoms with Gasteiger partial charge in [-0.25, -0.2) is 0 Å². The molecule has 0 aliphatic heterocycles. The van der Waals surface area contributed by atoms with Crippen molar-refractivity contribution >= 4 is 22.4 Å². The van der Waals surface area contributed by atoms with Crippen LogP contribution in [0.3, 0.4) is 0 Å². The Labute approximate surface area is 152 Å². The topological polar surface area (TPSA) is 60.3 Å². The summed E-state index contributed by atoms with van der Waals surface area (Å²) in [6, 6.07) is 17.0. The van der Waals surface area contributed by atoms with Crippen molar-refractivity contribution < 1.29 is 9.53 Å². The first-order valence-electron chi connectivity index (χ1n) is 8.77. The maximum atomic E-state index is 12.1. The number of nitrogens with zero attached hydrogens (tertiary/aromatic N) is 1. The summed E-state index contributed by atoms with van der Waals surface area (Å²) in [7, 11) is 0. The number of fused-ring (bicyclic) bond motifs is 1. The van der Waals surface area contributed by atoms with Crippen LogP contribution in [0, 0.1) is 0 Å². The van der Waals surface area contributed by atoms with Gasteiger partial charge in [-0.1, -0.05) is 37.3 Å². The summed E-state index contributed by atoms with van der Waals surface area (Å²) in [6.45, 7) is 2.92. The number of hydrogen-bond donors (Lipinski definition) is 1. The second-order valence-electron chi connectivity index (χ2n) is 6.11. The Morgan fingerprint density at radius 2 is 1.88 bits per heavy atom. The Hall–Kier alpha value is -3.08. The van der Waals surface area contributed by atoms with E-state index in [1.165, 1.54) is 6.07 Å². The molecule has 26 heavy (non-hydrogen) atoms. The first kappa shape index (κ1) is 17.7. The Balaban J connectivity index is 1.53. The van der Waals surface area contributed by atoms with Gasteiger partial charge in [0.25, 0.3) is 5.56 Å². The second-order valence-corrected chi connectivity index (χ2v) is 6.11. The van der Waals surface area contributed by atoms with Crippen molar-refractivity contribution in [3.05, 3.63) is 71.1 Å². The molecule has 1 N–H and O–H groups in total. The van der Waals surface area contributed by atoms with Crippen LogP contribution in [0.1, 0.15) is 19.8 Å². The van der Waals surface area contributed by atoms with Gasteiger partial charge in [0.1, 0.15) is 5.75 Å². The Morgan fingerprint density at radius 3 is 2.69 bits per heavy atom. The molecule has 0 unspecified atom stereocenters. The van der Waals surface area contributed by atoms with Gasteiger partial charge in [0, 0.05) is 18.8 Å². The smallest absolute Gasteiger partial charge is 0.250 e. The fourth-order valence-corrected chi connectivity index (χ4v) is 2.76. The lowest BCUT2D eigenvalue weighted by Crippen LogP contribution is -2.21. The lowest BCUT2D eigenvalue weighted by Gasteiger charge is -2.10. The number of carbonyl (C=O) groups is 1. The lowest BCUT2D eigenvalue weighted by molar-refractivity contribution is -0.116.